The van der Waals surface area contributed by atoms with Crippen molar-refractivity contribution in [3.63, 3.8) is 0 Å². The molecular formula is C18H24FN. The van der Waals surface area contributed by atoms with Crippen LogP contribution in [0.2, 0.25) is 0 Å². The summed E-state index contributed by atoms with van der Waals surface area (Å²) in [5.41, 5.74) is 1.38. The van der Waals surface area contributed by atoms with Gasteiger partial charge in [-0.3, -0.25) is 0 Å². The fraction of sp³-hybridized carbons (Fsp3) is 0.500. The van der Waals surface area contributed by atoms with Gasteiger partial charge in [-0.25, -0.2) is 9.37 Å². The molecule has 0 N–H and O–H groups in total. The molecule has 1 aromatic carbocycles. The third-order valence-electron chi connectivity index (χ3n) is 4.92. The molecule has 108 valence electrons. The van der Waals surface area contributed by atoms with Crippen LogP contribution in [-0.2, 0) is 5.41 Å². The molecule has 0 unspecified atom stereocenters. The molecule has 0 saturated heterocycles. The number of fused-ring (bicyclic) bond motifs is 1. The van der Waals surface area contributed by atoms with E-state index in [2.05, 4.69) is 46.5 Å². The predicted molar refractivity (Wildman–Crippen MR) is 83.3 cm³/mol. The van der Waals surface area contributed by atoms with Crippen LogP contribution in [0.3, 0.4) is 0 Å². The first kappa shape index (κ1) is 15.0. The van der Waals surface area contributed by atoms with Gasteiger partial charge in [0.2, 0.25) is 0 Å². The van der Waals surface area contributed by atoms with Gasteiger partial charge in [0.15, 0.2) is 0 Å². The van der Waals surface area contributed by atoms with E-state index in [1.54, 1.807) is 6.07 Å². The minimum atomic E-state index is -0.246. The zero-order valence-corrected chi connectivity index (χ0v) is 13.3. The molecule has 2 heteroatoms. The Kier molecular flexibility index (Phi) is 3.62. The van der Waals surface area contributed by atoms with Crippen LogP contribution in [0.15, 0.2) is 30.3 Å². The topological polar surface area (TPSA) is 12.9 Å². The van der Waals surface area contributed by atoms with Crippen molar-refractivity contribution in [3.05, 3.63) is 41.8 Å². The van der Waals surface area contributed by atoms with E-state index in [1.807, 2.05) is 18.2 Å². The third-order valence-corrected chi connectivity index (χ3v) is 4.92. The minimum absolute atomic E-state index is 0.0487. The Morgan fingerprint density at radius 3 is 2.20 bits per heavy atom. The lowest BCUT2D eigenvalue weighted by Crippen LogP contribution is -2.42. The van der Waals surface area contributed by atoms with Gasteiger partial charge in [0.1, 0.15) is 11.3 Å². The summed E-state index contributed by atoms with van der Waals surface area (Å²) >= 11 is 0. The maximum atomic E-state index is 14.0. The van der Waals surface area contributed by atoms with E-state index < -0.39 is 0 Å². The van der Waals surface area contributed by atoms with Gasteiger partial charge in [-0.2, -0.15) is 0 Å². The average Bonchev–Trinajstić information content (AvgIpc) is 2.36. The monoisotopic (exact) mass is 273 g/mol. The Hall–Kier alpha value is -1.44. The zero-order chi connectivity index (χ0) is 15.1. The Labute approximate surface area is 121 Å². The second-order valence-corrected chi connectivity index (χ2v) is 7.12. The molecule has 2 aromatic rings. The van der Waals surface area contributed by atoms with Crippen molar-refractivity contribution >= 4 is 10.9 Å². The van der Waals surface area contributed by atoms with Crippen molar-refractivity contribution < 1.29 is 4.39 Å². The van der Waals surface area contributed by atoms with Gasteiger partial charge in [0, 0.05) is 16.5 Å². The van der Waals surface area contributed by atoms with E-state index in [0.29, 0.717) is 11.4 Å². The van der Waals surface area contributed by atoms with Crippen LogP contribution in [0.5, 0.6) is 0 Å². The van der Waals surface area contributed by atoms with E-state index in [-0.39, 0.29) is 16.6 Å². The molecule has 0 bridgehead atoms. The average molecular weight is 273 g/mol. The minimum Gasteiger partial charge on any atom is -0.249 e. The van der Waals surface area contributed by atoms with E-state index >= 15 is 0 Å². The quantitative estimate of drug-likeness (QED) is 0.720. The van der Waals surface area contributed by atoms with Gasteiger partial charge in [0.05, 0.1) is 0 Å². The molecule has 2 rings (SSSR count). The van der Waals surface area contributed by atoms with Crippen LogP contribution in [0.25, 0.3) is 10.9 Å². The van der Waals surface area contributed by atoms with Crippen molar-refractivity contribution in [2.75, 3.05) is 0 Å². The van der Waals surface area contributed by atoms with Gasteiger partial charge in [-0.05, 0) is 23.5 Å². The maximum Gasteiger partial charge on any atom is 0.149 e. The third kappa shape index (κ3) is 2.21. The maximum absolute atomic E-state index is 14.0. The molecule has 0 saturated carbocycles. The fourth-order valence-electron chi connectivity index (χ4n) is 2.95. The van der Waals surface area contributed by atoms with Crippen LogP contribution in [0.4, 0.5) is 4.39 Å². The molecule has 0 fully saturated rings. The first-order valence-corrected chi connectivity index (χ1v) is 7.23. The largest absolute Gasteiger partial charge is 0.249 e. The predicted octanol–water partition coefficient (Wildman–Crippen LogP) is 5.33. The summed E-state index contributed by atoms with van der Waals surface area (Å²) in [5, 5.41) is 0.855. The Balaban J connectivity index is 2.70. The van der Waals surface area contributed by atoms with Gasteiger partial charge >= 0.3 is 0 Å². The number of rotatable bonds is 2. The Morgan fingerprint density at radius 1 is 1.00 bits per heavy atom. The van der Waals surface area contributed by atoms with E-state index in [4.69, 9.17) is 0 Å². The molecule has 0 aliphatic rings. The summed E-state index contributed by atoms with van der Waals surface area (Å²) in [4.78, 5) is 4.66. The van der Waals surface area contributed by atoms with Gasteiger partial charge in [-0.15, -0.1) is 0 Å². The summed E-state index contributed by atoms with van der Waals surface area (Å²) < 4.78 is 14.0. The number of para-hydroxylation sites is 1. The van der Waals surface area contributed by atoms with Crippen molar-refractivity contribution in [2.24, 2.45) is 11.3 Å². The number of halogens is 1. The number of hydrogen-bond acceptors (Lipinski definition) is 1. The van der Waals surface area contributed by atoms with Crippen LogP contribution in [0, 0.1) is 17.2 Å². The summed E-state index contributed by atoms with van der Waals surface area (Å²) in [6.07, 6.45) is 0. The number of aromatic nitrogens is 1. The van der Waals surface area contributed by atoms with Gasteiger partial charge in [0.25, 0.3) is 0 Å². The summed E-state index contributed by atoms with van der Waals surface area (Å²) in [6, 6.07) is 9.13. The highest BCUT2D eigenvalue weighted by atomic mass is 19.1. The molecule has 0 spiro atoms. The normalized spacial score (nSPS) is 15.6. The number of hydrogen-bond donors (Lipinski definition) is 0. The summed E-state index contributed by atoms with van der Waals surface area (Å²) in [5.74, 6) is 0.170. The Bertz CT molecular complexity index is 625. The molecule has 0 amide bonds. The van der Waals surface area contributed by atoms with Crippen molar-refractivity contribution in [2.45, 2.75) is 47.0 Å². The summed E-state index contributed by atoms with van der Waals surface area (Å²) in [7, 11) is 0. The lowest BCUT2D eigenvalue weighted by Gasteiger charge is -2.45. The van der Waals surface area contributed by atoms with Gasteiger partial charge in [-0.1, -0.05) is 59.7 Å². The van der Waals surface area contributed by atoms with E-state index in [9.17, 15) is 4.39 Å². The van der Waals surface area contributed by atoms with Crippen LogP contribution >= 0.6 is 0 Å². The number of benzene rings is 1. The summed E-state index contributed by atoms with van der Waals surface area (Å²) in [6.45, 7) is 13.3. The second-order valence-electron chi connectivity index (χ2n) is 7.12. The van der Waals surface area contributed by atoms with Crippen LogP contribution in [0.1, 0.15) is 47.2 Å². The second kappa shape index (κ2) is 4.83. The molecule has 1 aromatic heterocycles. The fourth-order valence-corrected chi connectivity index (χ4v) is 2.95. The molecule has 1 heterocycles. The highest BCUT2D eigenvalue weighted by Crippen LogP contribution is 2.46. The molecule has 20 heavy (non-hydrogen) atoms. The van der Waals surface area contributed by atoms with Gasteiger partial charge < -0.3 is 0 Å². The van der Waals surface area contributed by atoms with E-state index in [0.717, 1.165) is 11.1 Å². The van der Waals surface area contributed by atoms with Crippen molar-refractivity contribution in [1.29, 1.82) is 0 Å². The van der Waals surface area contributed by atoms with Crippen molar-refractivity contribution in [1.82, 2.24) is 4.98 Å². The molecule has 0 aliphatic heterocycles. The first-order valence-electron chi connectivity index (χ1n) is 7.23. The lowest BCUT2D eigenvalue weighted by molar-refractivity contribution is 0.137. The molecule has 0 aliphatic carbocycles. The number of nitrogens with zero attached hydrogens (tertiary/aromatic N) is 1. The highest BCUT2D eigenvalue weighted by Gasteiger charge is 2.42. The molecule has 1 atom stereocenters. The van der Waals surface area contributed by atoms with Crippen LogP contribution in [-0.4, -0.2) is 4.98 Å². The van der Waals surface area contributed by atoms with E-state index in [1.165, 1.54) is 6.07 Å². The van der Waals surface area contributed by atoms with Crippen molar-refractivity contribution in [3.8, 4) is 0 Å². The molecule has 0 radical (unpaired) electrons. The highest BCUT2D eigenvalue weighted by molar-refractivity contribution is 5.79. The number of pyridine rings is 1. The lowest BCUT2D eigenvalue weighted by atomic mass is 9.60. The van der Waals surface area contributed by atoms with Crippen LogP contribution < -0.4 is 0 Å². The smallest absolute Gasteiger partial charge is 0.149 e. The standard InChI is InChI=1S/C18H24FN/c1-12(2)18(6,17(3,4)5)15-11-10-13-8-7-9-14(19)16(13)20-15/h7-12H,1-6H3/t18-/m1/s1. The zero-order valence-electron chi connectivity index (χ0n) is 13.3. The molecular weight excluding hydrogens is 249 g/mol. The SMILES string of the molecule is CC(C)[C@](C)(c1ccc2cccc(F)c2n1)C(C)(C)C. The molecule has 1 nitrogen and oxygen atoms in total. The first-order chi connectivity index (χ1) is 9.18. The Morgan fingerprint density at radius 2 is 1.65 bits per heavy atom.